The molecule has 2 aliphatic rings. The van der Waals surface area contributed by atoms with Gasteiger partial charge in [-0.05, 0) is 23.8 Å². The van der Waals surface area contributed by atoms with Gasteiger partial charge in [0, 0.05) is 57.9 Å². The zero-order valence-corrected chi connectivity index (χ0v) is 19.8. The smallest absolute Gasteiger partial charge is 0.379 e. The van der Waals surface area contributed by atoms with E-state index in [1.807, 2.05) is 35.2 Å². The van der Waals surface area contributed by atoms with Crippen LogP contribution >= 0.6 is 0 Å². The molecule has 1 amide bonds. The molecule has 0 radical (unpaired) electrons. The van der Waals surface area contributed by atoms with E-state index in [1.165, 1.54) is 12.1 Å². The van der Waals surface area contributed by atoms with Gasteiger partial charge in [0.05, 0.1) is 31.5 Å². The van der Waals surface area contributed by atoms with Crippen molar-refractivity contribution in [3.63, 3.8) is 0 Å². The minimum absolute atomic E-state index is 0.0440. The Morgan fingerprint density at radius 3 is 2.46 bits per heavy atom. The molecule has 2 fully saturated rings. The van der Waals surface area contributed by atoms with Gasteiger partial charge in [-0.15, -0.1) is 0 Å². The first-order valence-corrected chi connectivity index (χ1v) is 12.0. The average Bonchev–Trinajstić information content (AvgIpc) is 2.87. The van der Waals surface area contributed by atoms with Crippen LogP contribution in [-0.4, -0.2) is 92.3 Å². The highest BCUT2D eigenvalue weighted by Gasteiger charge is 2.31. The van der Waals surface area contributed by atoms with E-state index in [9.17, 15) is 18.0 Å². The molecule has 2 saturated heterocycles. The third-order valence-corrected chi connectivity index (χ3v) is 6.41. The Labute approximate surface area is 204 Å². The van der Waals surface area contributed by atoms with Crippen LogP contribution in [0, 0.1) is 0 Å². The average molecular weight is 492 g/mol. The van der Waals surface area contributed by atoms with E-state index in [4.69, 9.17) is 9.47 Å². The van der Waals surface area contributed by atoms with Gasteiger partial charge in [0.15, 0.2) is 0 Å². The number of morpholine rings is 2. The predicted molar refractivity (Wildman–Crippen MR) is 126 cm³/mol. The highest BCUT2D eigenvalue weighted by Crippen LogP contribution is 2.30. The lowest BCUT2D eigenvalue weighted by molar-refractivity contribution is -0.137. The summed E-state index contributed by atoms with van der Waals surface area (Å²) in [5.74, 6) is -0.0440. The molecule has 2 heterocycles. The largest absolute Gasteiger partial charge is 0.416 e. The van der Waals surface area contributed by atoms with Crippen molar-refractivity contribution in [1.29, 1.82) is 0 Å². The molecule has 4 rings (SSSR count). The third kappa shape index (κ3) is 7.51. The fraction of sp³-hybridized carbons (Fsp3) is 0.500. The van der Waals surface area contributed by atoms with Crippen LogP contribution in [0.15, 0.2) is 54.6 Å². The minimum Gasteiger partial charge on any atom is -0.379 e. The standard InChI is InChI=1S/C26H32F3N3O3/c27-26(28,29)23-8-4-5-21(17-23)18-31-13-16-35-24(19-31)20-32(10-9-30-11-14-34-15-12-30)25(33)22-6-2-1-3-7-22/h1-8,17,24H,9-16,18-20H2. The summed E-state index contributed by atoms with van der Waals surface area (Å²) in [6, 6.07) is 14.7. The SMILES string of the molecule is O=C(c1ccccc1)N(CCN1CCOCC1)CC1CN(Cc2cccc(C(F)(F)F)c2)CCO1. The Morgan fingerprint density at radius 2 is 1.71 bits per heavy atom. The molecule has 0 bridgehead atoms. The molecular formula is C26H32F3N3O3. The van der Waals surface area contributed by atoms with Crippen molar-refractivity contribution in [2.45, 2.75) is 18.8 Å². The molecule has 6 nitrogen and oxygen atoms in total. The van der Waals surface area contributed by atoms with Gasteiger partial charge >= 0.3 is 6.18 Å². The van der Waals surface area contributed by atoms with Gasteiger partial charge in [0.1, 0.15) is 0 Å². The topological polar surface area (TPSA) is 45.2 Å². The molecule has 9 heteroatoms. The molecule has 35 heavy (non-hydrogen) atoms. The van der Waals surface area contributed by atoms with Crippen LogP contribution < -0.4 is 0 Å². The number of amides is 1. The Balaban J connectivity index is 1.39. The Morgan fingerprint density at radius 1 is 0.971 bits per heavy atom. The molecule has 0 aromatic heterocycles. The fourth-order valence-corrected chi connectivity index (χ4v) is 4.51. The van der Waals surface area contributed by atoms with Crippen LogP contribution in [-0.2, 0) is 22.2 Å². The molecule has 190 valence electrons. The molecule has 2 aliphatic heterocycles. The van der Waals surface area contributed by atoms with Gasteiger partial charge in [0.25, 0.3) is 5.91 Å². The maximum atomic E-state index is 13.3. The van der Waals surface area contributed by atoms with E-state index in [2.05, 4.69) is 9.80 Å². The first kappa shape index (κ1) is 25.6. The molecule has 0 spiro atoms. The van der Waals surface area contributed by atoms with Gasteiger partial charge in [-0.25, -0.2) is 0 Å². The van der Waals surface area contributed by atoms with E-state index in [0.29, 0.717) is 63.7 Å². The minimum atomic E-state index is -4.36. The van der Waals surface area contributed by atoms with E-state index < -0.39 is 11.7 Å². The number of benzene rings is 2. The highest BCUT2D eigenvalue weighted by molar-refractivity contribution is 5.94. The lowest BCUT2D eigenvalue weighted by Gasteiger charge is -2.37. The van der Waals surface area contributed by atoms with Crippen molar-refractivity contribution in [2.24, 2.45) is 0 Å². The maximum absolute atomic E-state index is 13.3. The number of nitrogens with zero attached hydrogens (tertiary/aromatic N) is 3. The van der Waals surface area contributed by atoms with Crippen LogP contribution in [0.25, 0.3) is 0 Å². The molecule has 1 unspecified atom stereocenters. The van der Waals surface area contributed by atoms with Crippen molar-refractivity contribution in [2.75, 3.05) is 65.6 Å². The quantitative estimate of drug-likeness (QED) is 0.567. The van der Waals surface area contributed by atoms with Crippen LogP contribution in [0.2, 0.25) is 0 Å². The van der Waals surface area contributed by atoms with E-state index in [1.54, 1.807) is 6.07 Å². The first-order chi connectivity index (χ1) is 16.9. The summed E-state index contributed by atoms with van der Waals surface area (Å²) in [6.45, 7) is 6.90. The Bertz CT molecular complexity index is 952. The molecule has 2 aromatic rings. The van der Waals surface area contributed by atoms with Crippen molar-refractivity contribution in [3.05, 3.63) is 71.3 Å². The number of hydrogen-bond donors (Lipinski definition) is 0. The summed E-state index contributed by atoms with van der Waals surface area (Å²) in [4.78, 5) is 19.5. The second-order valence-electron chi connectivity index (χ2n) is 9.00. The number of carbonyl (C=O) groups excluding carboxylic acids is 1. The monoisotopic (exact) mass is 491 g/mol. The van der Waals surface area contributed by atoms with E-state index in [0.717, 1.165) is 25.7 Å². The van der Waals surface area contributed by atoms with Crippen molar-refractivity contribution in [3.8, 4) is 0 Å². The van der Waals surface area contributed by atoms with Gasteiger partial charge in [0.2, 0.25) is 0 Å². The summed E-state index contributed by atoms with van der Waals surface area (Å²) in [7, 11) is 0. The van der Waals surface area contributed by atoms with Crippen LogP contribution in [0.1, 0.15) is 21.5 Å². The van der Waals surface area contributed by atoms with Gasteiger partial charge in [-0.3, -0.25) is 14.6 Å². The molecular weight excluding hydrogens is 459 g/mol. The molecule has 2 aromatic carbocycles. The van der Waals surface area contributed by atoms with Crippen molar-refractivity contribution in [1.82, 2.24) is 14.7 Å². The van der Waals surface area contributed by atoms with E-state index >= 15 is 0 Å². The summed E-state index contributed by atoms with van der Waals surface area (Å²) in [5.41, 5.74) is 0.610. The van der Waals surface area contributed by atoms with Crippen molar-refractivity contribution < 1.29 is 27.4 Å². The number of halogens is 3. The predicted octanol–water partition coefficient (Wildman–Crippen LogP) is 3.38. The number of carbonyl (C=O) groups is 1. The molecule has 0 N–H and O–H groups in total. The van der Waals surface area contributed by atoms with Crippen LogP contribution in [0.5, 0.6) is 0 Å². The Kier molecular flexibility index (Phi) is 8.78. The second-order valence-corrected chi connectivity index (χ2v) is 9.00. The number of alkyl halides is 3. The molecule has 0 aliphatic carbocycles. The second kappa shape index (κ2) is 12.0. The third-order valence-electron chi connectivity index (χ3n) is 6.41. The van der Waals surface area contributed by atoms with E-state index in [-0.39, 0.29) is 12.0 Å². The lowest BCUT2D eigenvalue weighted by Crippen LogP contribution is -2.50. The van der Waals surface area contributed by atoms with Gasteiger partial charge < -0.3 is 14.4 Å². The Hall–Kier alpha value is -2.46. The number of ether oxygens (including phenoxy) is 2. The maximum Gasteiger partial charge on any atom is 0.416 e. The lowest BCUT2D eigenvalue weighted by atomic mass is 10.1. The first-order valence-electron chi connectivity index (χ1n) is 12.0. The normalized spacial score (nSPS) is 20.0. The fourth-order valence-electron chi connectivity index (χ4n) is 4.51. The summed E-state index contributed by atoms with van der Waals surface area (Å²) in [5, 5.41) is 0. The highest BCUT2D eigenvalue weighted by atomic mass is 19.4. The summed E-state index contributed by atoms with van der Waals surface area (Å²) in [6.07, 6.45) is -4.57. The van der Waals surface area contributed by atoms with Gasteiger partial charge in [-0.1, -0.05) is 36.4 Å². The van der Waals surface area contributed by atoms with Crippen molar-refractivity contribution >= 4 is 5.91 Å². The zero-order valence-electron chi connectivity index (χ0n) is 19.8. The summed E-state index contributed by atoms with van der Waals surface area (Å²) < 4.78 is 50.7. The number of hydrogen-bond acceptors (Lipinski definition) is 5. The molecule has 0 saturated carbocycles. The van der Waals surface area contributed by atoms with Crippen LogP contribution in [0.3, 0.4) is 0 Å². The summed E-state index contributed by atoms with van der Waals surface area (Å²) >= 11 is 0. The van der Waals surface area contributed by atoms with Crippen LogP contribution in [0.4, 0.5) is 13.2 Å². The molecule has 1 atom stereocenters. The number of rotatable bonds is 8. The zero-order chi connectivity index (χ0) is 24.7. The van der Waals surface area contributed by atoms with Gasteiger partial charge in [-0.2, -0.15) is 13.2 Å².